The van der Waals surface area contributed by atoms with Gasteiger partial charge in [-0.05, 0) is 6.92 Å². The number of aromatic nitrogens is 5. The van der Waals surface area contributed by atoms with Gasteiger partial charge in [0.25, 0.3) is 10.0 Å². The van der Waals surface area contributed by atoms with Crippen LogP contribution in [0.1, 0.15) is 16.3 Å². The molecule has 2 rings (SSSR count). The minimum Gasteiger partial charge on any atom is -0.476 e. The number of carbonyl (C=O) groups is 1. The Hall–Kier alpha value is -2.27. The summed E-state index contributed by atoms with van der Waals surface area (Å²) in [5.41, 5.74) is -0.196. The van der Waals surface area contributed by atoms with E-state index in [1.165, 1.54) is 17.1 Å². The van der Waals surface area contributed by atoms with Crippen molar-refractivity contribution >= 4 is 16.0 Å². The van der Waals surface area contributed by atoms with Crippen molar-refractivity contribution in [1.82, 2.24) is 29.3 Å². The zero-order valence-corrected chi connectivity index (χ0v) is 12.2. The van der Waals surface area contributed by atoms with Gasteiger partial charge in [-0.3, -0.25) is 4.68 Å². The van der Waals surface area contributed by atoms with E-state index in [9.17, 15) is 13.2 Å². The molecule has 0 aliphatic heterocycles. The Bertz CT molecular complexity index is 743. The Kier molecular flexibility index (Phi) is 4.04. The Labute approximate surface area is 120 Å². The molecule has 0 aliphatic rings. The number of hydrogen-bond acceptors (Lipinski definition) is 6. The standard InChI is InChI=1S/C10H14N6O4S/c1-7-12-9(6-15(7)2)21(19,20)11-3-4-16-5-8(10(17)18)13-14-16/h5-6,11H,3-4H2,1-2H3,(H,17,18). The molecule has 0 atom stereocenters. The van der Waals surface area contributed by atoms with Crippen molar-refractivity contribution in [2.24, 2.45) is 7.05 Å². The first-order valence-corrected chi connectivity index (χ1v) is 7.41. The molecule has 0 amide bonds. The molecule has 114 valence electrons. The molecule has 2 aromatic rings. The maximum Gasteiger partial charge on any atom is 0.358 e. The van der Waals surface area contributed by atoms with E-state index >= 15 is 0 Å². The van der Waals surface area contributed by atoms with Gasteiger partial charge in [-0.25, -0.2) is 22.9 Å². The predicted molar refractivity (Wildman–Crippen MR) is 70.1 cm³/mol. The number of aryl methyl sites for hydroxylation is 2. The number of nitrogens with zero attached hydrogens (tertiary/aromatic N) is 5. The topological polar surface area (TPSA) is 132 Å². The highest BCUT2D eigenvalue weighted by atomic mass is 32.2. The summed E-state index contributed by atoms with van der Waals surface area (Å²) in [5.74, 6) is -0.608. The second-order valence-corrected chi connectivity index (χ2v) is 6.02. The second-order valence-electron chi connectivity index (χ2n) is 4.31. The zero-order valence-electron chi connectivity index (χ0n) is 11.4. The first kappa shape index (κ1) is 15.1. The van der Waals surface area contributed by atoms with Crippen molar-refractivity contribution in [1.29, 1.82) is 0 Å². The monoisotopic (exact) mass is 314 g/mol. The summed E-state index contributed by atoms with van der Waals surface area (Å²) in [7, 11) is -2.00. The summed E-state index contributed by atoms with van der Waals surface area (Å²) in [6.07, 6.45) is 2.64. The lowest BCUT2D eigenvalue weighted by atomic mass is 10.5. The van der Waals surface area contributed by atoms with Crippen LogP contribution in [0, 0.1) is 6.92 Å². The molecular weight excluding hydrogens is 300 g/mol. The highest BCUT2D eigenvalue weighted by Crippen LogP contribution is 2.07. The third-order valence-electron chi connectivity index (χ3n) is 2.75. The molecule has 2 aromatic heterocycles. The van der Waals surface area contributed by atoms with Gasteiger partial charge in [-0.15, -0.1) is 5.10 Å². The zero-order chi connectivity index (χ0) is 15.6. The molecule has 10 nitrogen and oxygen atoms in total. The lowest BCUT2D eigenvalue weighted by Gasteiger charge is -2.03. The van der Waals surface area contributed by atoms with E-state index < -0.39 is 16.0 Å². The predicted octanol–water partition coefficient (Wildman–Crippen LogP) is -1.00. The Balaban J connectivity index is 1.97. The number of carboxylic acid groups (broad SMARTS) is 1. The summed E-state index contributed by atoms with van der Waals surface area (Å²) < 4.78 is 29.2. The van der Waals surface area contributed by atoms with E-state index in [0.717, 1.165) is 0 Å². The van der Waals surface area contributed by atoms with Crippen LogP contribution < -0.4 is 4.72 Å². The van der Waals surface area contributed by atoms with Crippen molar-refractivity contribution in [3.05, 3.63) is 23.9 Å². The smallest absolute Gasteiger partial charge is 0.358 e. The van der Waals surface area contributed by atoms with Crippen LogP contribution in [0.4, 0.5) is 0 Å². The van der Waals surface area contributed by atoms with Gasteiger partial charge in [0.1, 0.15) is 5.82 Å². The van der Waals surface area contributed by atoms with Gasteiger partial charge in [0.05, 0.1) is 12.7 Å². The largest absolute Gasteiger partial charge is 0.476 e. The number of rotatable bonds is 6. The average Bonchev–Trinajstić information content (AvgIpc) is 2.98. The molecule has 0 radical (unpaired) electrons. The molecular formula is C10H14N6O4S. The maximum atomic E-state index is 12.0. The van der Waals surface area contributed by atoms with Crippen LogP contribution in [0.15, 0.2) is 17.4 Å². The van der Waals surface area contributed by atoms with Gasteiger partial charge in [0.2, 0.25) is 0 Å². The van der Waals surface area contributed by atoms with E-state index in [0.29, 0.717) is 5.82 Å². The van der Waals surface area contributed by atoms with Crippen LogP contribution in [0.3, 0.4) is 0 Å². The average molecular weight is 314 g/mol. The quantitative estimate of drug-likeness (QED) is 0.698. The normalized spacial score (nSPS) is 11.7. The molecule has 0 saturated heterocycles. The summed E-state index contributed by atoms with van der Waals surface area (Å²) in [6.45, 7) is 1.90. The first-order valence-electron chi connectivity index (χ1n) is 5.92. The van der Waals surface area contributed by atoms with Gasteiger partial charge in [0.15, 0.2) is 10.7 Å². The summed E-state index contributed by atoms with van der Waals surface area (Å²) >= 11 is 0. The summed E-state index contributed by atoms with van der Waals surface area (Å²) in [6, 6.07) is 0. The Morgan fingerprint density at radius 1 is 1.43 bits per heavy atom. The van der Waals surface area contributed by atoms with E-state index in [4.69, 9.17) is 5.11 Å². The van der Waals surface area contributed by atoms with Crippen LogP contribution in [-0.4, -0.2) is 50.6 Å². The van der Waals surface area contributed by atoms with Crippen molar-refractivity contribution in [3.8, 4) is 0 Å². The van der Waals surface area contributed by atoms with Crippen molar-refractivity contribution in [2.75, 3.05) is 6.54 Å². The molecule has 0 spiro atoms. The van der Waals surface area contributed by atoms with Crippen molar-refractivity contribution in [2.45, 2.75) is 18.5 Å². The van der Waals surface area contributed by atoms with Crippen molar-refractivity contribution < 1.29 is 18.3 Å². The van der Waals surface area contributed by atoms with Crippen LogP contribution in [0.25, 0.3) is 0 Å². The van der Waals surface area contributed by atoms with Crippen LogP contribution in [0.5, 0.6) is 0 Å². The number of nitrogens with one attached hydrogen (secondary N) is 1. The first-order chi connectivity index (χ1) is 9.79. The van der Waals surface area contributed by atoms with E-state index in [1.54, 1.807) is 18.5 Å². The summed E-state index contributed by atoms with van der Waals surface area (Å²) in [5, 5.41) is 15.6. The molecule has 0 fully saturated rings. The van der Waals surface area contributed by atoms with Crippen molar-refractivity contribution in [3.63, 3.8) is 0 Å². The Morgan fingerprint density at radius 3 is 2.67 bits per heavy atom. The molecule has 21 heavy (non-hydrogen) atoms. The fourth-order valence-electron chi connectivity index (χ4n) is 1.53. The molecule has 0 aromatic carbocycles. The van der Waals surface area contributed by atoms with Gasteiger partial charge < -0.3 is 9.67 Å². The molecule has 0 aliphatic carbocycles. The van der Waals surface area contributed by atoms with E-state index in [1.807, 2.05) is 0 Å². The van der Waals surface area contributed by atoms with Gasteiger partial charge >= 0.3 is 5.97 Å². The van der Waals surface area contributed by atoms with E-state index in [2.05, 4.69) is 20.0 Å². The highest BCUT2D eigenvalue weighted by Gasteiger charge is 2.18. The molecule has 11 heteroatoms. The number of sulfonamides is 1. The van der Waals surface area contributed by atoms with Crippen LogP contribution >= 0.6 is 0 Å². The summed E-state index contributed by atoms with van der Waals surface area (Å²) in [4.78, 5) is 14.6. The lowest BCUT2D eigenvalue weighted by molar-refractivity contribution is 0.0690. The number of aromatic carboxylic acids is 1. The maximum absolute atomic E-state index is 12.0. The van der Waals surface area contributed by atoms with Gasteiger partial charge in [-0.2, -0.15) is 0 Å². The molecule has 2 heterocycles. The SMILES string of the molecule is Cc1nc(S(=O)(=O)NCCn2cc(C(=O)O)nn2)cn1C. The van der Waals surface area contributed by atoms with Crippen LogP contribution in [-0.2, 0) is 23.6 Å². The third kappa shape index (κ3) is 3.44. The molecule has 0 bridgehead atoms. The molecule has 2 N–H and O–H groups in total. The van der Waals surface area contributed by atoms with Gasteiger partial charge in [0, 0.05) is 19.8 Å². The minimum absolute atomic E-state index is 0.0420. The molecule has 0 saturated carbocycles. The Morgan fingerprint density at radius 2 is 2.14 bits per heavy atom. The van der Waals surface area contributed by atoms with Gasteiger partial charge in [-0.1, -0.05) is 5.21 Å². The van der Waals surface area contributed by atoms with Crippen LogP contribution in [0.2, 0.25) is 0 Å². The highest BCUT2D eigenvalue weighted by molar-refractivity contribution is 7.89. The number of imidazole rings is 1. The number of carboxylic acids is 1. The number of hydrogen-bond donors (Lipinski definition) is 2. The minimum atomic E-state index is -3.70. The fraction of sp³-hybridized carbons (Fsp3) is 0.400. The van der Waals surface area contributed by atoms with E-state index in [-0.39, 0.29) is 23.8 Å². The second kappa shape index (κ2) is 5.61. The third-order valence-corrected chi connectivity index (χ3v) is 4.08. The molecule has 0 unspecified atom stereocenters. The fourth-order valence-corrected chi connectivity index (χ4v) is 2.59. The lowest BCUT2D eigenvalue weighted by Crippen LogP contribution is -2.28.